The van der Waals surface area contributed by atoms with Crippen molar-refractivity contribution in [3.8, 4) is 5.75 Å². The third-order valence-corrected chi connectivity index (χ3v) is 1.38. The Bertz CT molecular complexity index is 260. The highest BCUT2D eigenvalue weighted by molar-refractivity contribution is 5.55. The second-order valence-corrected chi connectivity index (χ2v) is 2.20. The summed E-state index contributed by atoms with van der Waals surface area (Å²) in [6.45, 7) is 3.70. The molecule has 1 rings (SSSR count). The van der Waals surface area contributed by atoms with Crippen LogP contribution in [0.3, 0.4) is 0 Å². The lowest BCUT2D eigenvalue weighted by molar-refractivity contribution is 0.202. The molecule has 0 amide bonds. The van der Waals surface area contributed by atoms with Gasteiger partial charge in [0.1, 0.15) is 18.0 Å². The first-order chi connectivity index (χ1) is 5.88. The van der Waals surface area contributed by atoms with Gasteiger partial charge in [-0.25, -0.2) is 0 Å². The molecule has 0 saturated heterocycles. The number of ether oxygens (including phenoxy) is 1. The van der Waals surface area contributed by atoms with Gasteiger partial charge in [-0.05, 0) is 18.9 Å². The number of aliphatic hydroxyl groups is 1. The average Bonchev–Trinajstić information content (AvgIpc) is 2.15. The summed E-state index contributed by atoms with van der Waals surface area (Å²) < 4.78 is 5.19. The highest BCUT2D eigenvalue weighted by atomic mass is 16.5. The molecule has 0 atom stereocenters. The van der Waals surface area contributed by atoms with Gasteiger partial charge in [-0.3, -0.25) is 4.99 Å². The normalized spacial score (nSPS) is 9.42. The molecule has 0 aliphatic carbocycles. The fraction of sp³-hybridized carbons (Fsp3) is 0.222. The van der Waals surface area contributed by atoms with Crippen LogP contribution in [0.25, 0.3) is 0 Å². The van der Waals surface area contributed by atoms with Crippen LogP contribution in [0, 0.1) is 0 Å². The Labute approximate surface area is 71.3 Å². The van der Waals surface area contributed by atoms with Gasteiger partial charge in [-0.15, -0.1) is 0 Å². The van der Waals surface area contributed by atoms with Crippen LogP contribution in [0.5, 0.6) is 5.75 Å². The molecule has 0 bridgehead atoms. The van der Waals surface area contributed by atoms with Crippen molar-refractivity contribution in [3.63, 3.8) is 0 Å². The van der Waals surface area contributed by atoms with E-state index in [-0.39, 0.29) is 13.2 Å². The molecule has 1 N–H and O–H groups in total. The van der Waals surface area contributed by atoms with Gasteiger partial charge in [0.05, 0.1) is 6.61 Å². The molecule has 0 spiro atoms. The highest BCUT2D eigenvalue weighted by Gasteiger charge is 1.98. The van der Waals surface area contributed by atoms with E-state index in [1.165, 1.54) is 0 Å². The van der Waals surface area contributed by atoms with Gasteiger partial charge in [0, 0.05) is 0 Å². The quantitative estimate of drug-likeness (QED) is 0.685. The van der Waals surface area contributed by atoms with Crippen LogP contribution in [-0.4, -0.2) is 25.0 Å². The highest BCUT2D eigenvalue weighted by Crippen LogP contribution is 2.25. The van der Waals surface area contributed by atoms with E-state index in [1.54, 1.807) is 12.1 Å². The smallest absolute Gasteiger partial charge is 0.144 e. The number of para-hydroxylation sites is 2. The number of nitrogens with zero attached hydrogens (tertiary/aromatic N) is 1. The van der Waals surface area contributed by atoms with Gasteiger partial charge in [0.25, 0.3) is 0 Å². The minimum atomic E-state index is 0.00543. The van der Waals surface area contributed by atoms with Crippen LogP contribution < -0.4 is 4.74 Å². The molecule has 0 aliphatic rings. The maximum Gasteiger partial charge on any atom is 0.144 e. The second-order valence-electron chi connectivity index (χ2n) is 2.20. The third-order valence-electron chi connectivity index (χ3n) is 1.38. The third kappa shape index (κ3) is 2.07. The minimum Gasteiger partial charge on any atom is -0.489 e. The molecule has 3 nitrogen and oxygen atoms in total. The van der Waals surface area contributed by atoms with Gasteiger partial charge >= 0.3 is 0 Å². The van der Waals surface area contributed by atoms with Crippen LogP contribution in [0.15, 0.2) is 29.3 Å². The molecule has 1 aromatic carbocycles. The molecule has 64 valence electrons. The molecule has 1 aromatic rings. The summed E-state index contributed by atoms with van der Waals surface area (Å²) >= 11 is 0. The lowest BCUT2D eigenvalue weighted by Gasteiger charge is -2.05. The molecule has 0 radical (unpaired) electrons. The van der Waals surface area contributed by atoms with Gasteiger partial charge < -0.3 is 9.84 Å². The summed E-state index contributed by atoms with van der Waals surface area (Å²) in [4.78, 5) is 3.77. The predicted octanol–water partition coefficient (Wildman–Crippen LogP) is 1.39. The number of rotatable bonds is 4. The van der Waals surface area contributed by atoms with Crippen molar-refractivity contribution in [1.29, 1.82) is 0 Å². The number of aliphatic imine (C=N–C) groups is 1. The van der Waals surface area contributed by atoms with Crippen molar-refractivity contribution in [2.45, 2.75) is 0 Å². The zero-order valence-corrected chi connectivity index (χ0v) is 6.73. The van der Waals surface area contributed by atoms with Gasteiger partial charge in [0.15, 0.2) is 0 Å². The summed E-state index contributed by atoms with van der Waals surface area (Å²) in [7, 11) is 0. The molecule has 3 heteroatoms. The molecule has 0 fully saturated rings. The van der Waals surface area contributed by atoms with E-state index in [2.05, 4.69) is 11.7 Å². The Hall–Kier alpha value is -1.35. The first kappa shape index (κ1) is 8.74. The minimum absolute atomic E-state index is 0.00543. The first-order valence-electron chi connectivity index (χ1n) is 3.68. The molecule has 0 saturated carbocycles. The summed E-state index contributed by atoms with van der Waals surface area (Å²) in [5, 5.41) is 8.52. The largest absolute Gasteiger partial charge is 0.489 e. The van der Waals surface area contributed by atoms with E-state index in [4.69, 9.17) is 9.84 Å². The lowest BCUT2D eigenvalue weighted by Crippen LogP contribution is -2.01. The van der Waals surface area contributed by atoms with Crippen molar-refractivity contribution >= 4 is 12.4 Å². The molecular weight excluding hydrogens is 154 g/mol. The molecule has 12 heavy (non-hydrogen) atoms. The predicted molar refractivity (Wildman–Crippen MR) is 48.2 cm³/mol. The average molecular weight is 165 g/mol. The van der Waals surface area contributed by atoms with E-state index < -0.39 is 0 Å². The Morgan fingerprint density at radius 3 is 2.83 bits per heavy atom. The van der Waals surface area contributed by atoms with Crippen molar-refractivity contribution < 1.29 is 9.84 Å². The van der Waals surface area contributed by atoms with Crippen LogP contribution in [0.1, 0.15) is 0 Å². The zero-order chi connectivity index (χ0) is 8.81. The van der Waals surface area contributed by atoms with Crippen LogP contribution >= 0.6 is 0 Å². The topological polar surface area (TPSA) is 41.8 Å². The van der Waals surface area contributed by atoms with E-state index in [1.807, 2.05) is 12.1 Å². The van der Waals surface area contributed by atoms with Crippen LogP contribution in [0.2, 0.25) is 0 Å². The standard InChI is InChI=1S/C9H11NO2/c1-10-8-4-2-3-5-9(8)12-7-6-11/h2-5,11H,1,6-7H2. The Morgan fingerprint density at radius 1 is 1.42 bits per heavy atom. The molecule has 0 aromatic heterocycles. The number of aliphatic hydroxyl groups excluding tert-OH is 1. The first-order valence-corrected chi connectivity index (χ1v) is 3.68. The summed E-state index contributed by atoms with van der Waals surface area (Å²) in [5.74, 6) is 0.654. The van der Waals surface area contributed by atoms with E-state index in [9.17, 15) is 0 Å². The van der Waals surface area contributed by atoms with Crippen LogP contribution in [0.4, 0.5) is 5.69 Å². The Balaban J connectivity index is 2.75. The number of benzene rings is 1. The van der Waals surface area contributed by atoms with Crippen molar-refractivity contribution in [1.82, 2.24) is 0 Å². The monoisotopic (exact) mass is 165 g/mol. The maximum absolute atomic E-state index is 8.52. The van der Waals surface area contributed by atoms with Crippen LogP contribution in [-0.2, 0) is 0 Å². The zero-order valence-electron chi connectivity index (χ0n) is 6.73. The SMILES string of the molecule is C=Nc1ccccc1OCCO. The van der Waals surface area contributed by atoms with Crippen molar-refractivity contribution in [2.75, 3.05) is 13.2 Å². The fourth-order valence-electron chi connectivity index (χ4n) is 0.865. The van der Waals surface area contributed by atoms with E-state index >= 15 is 0 Å². The van der Waals surface area contributed by atoms with Crippen molar-refractivity contribution in [2.24, 2.45) is 4.99 Å². The summed E-state index contributed by atoms with van der Waals surface area (Å²) in [6, 6.07) is 7.30. The van der Waals surface area contributed by atoms with Crippen molar-refractivity contribution in [3.05, 3.63) is 24.3 Å². The Morgan fingerprint density at radius 2 is 2.17 bits per heavy atom. The number of hydrogen-bond donors (Lipinski definition) is 1. The van der Waals surface area contributed by atoms with Gasteiger partial charge in [0.2, 0.25) is 0 Å². The number of hydrogen-bond acceptors (Lipinski definition) is 3. The van der Waals surface area contributed by atoms with Gasteiger partial charge in [-0.1, -0.05) is 12.1 Å². The molecule has 0 heterocycles. The lowest BCUT2D eigenvalue weighted by atomic mass is 10.3. The summed E-state index contributed by atoms with van der Waals surface area (Å²) in [5.41, 5.74) is 0.700. The Kier molecular flexibility index (Phi) is 3.29. The van der Waals surface area contributed by atoms with Gasteiger partial charge in [-0.2, -0.15) is 0 Å². The molecule has 0 unspecified atom stereocenters. The van der Waals surface area contributed by atoms with E-state index in [0.29, 0.717) is 11.4 Å². The maximum atomic E-state index is 8.52. The molecular formula is C9H11NO2. The molecule has 0 aliphatic heterocycles. The second kappa shape index (κ2) is 4.51. The summed E-state index contributed by atoms with van der Waals surface area (Å²) in [6.07, 6.45) is 0. The fourth-order valence-corrected chi connectivity index (χ4v) is 0.865. The van der Waals surface area contributed by atoms with E-state index in [0.717, 1.165) is 0 Å².